The summed E-state index contributed by atoms with van der Waals surface area (Å²) in [6.45, 7) is 8.12. The van der Waals surface area contributed by atoms with Crippen LogP contribution >= 0.6 is 0 Å². The topological polar surface area (TPSA) is 144 Å². The minimum absolute atomic E-state index is 0.0724. The minimum Gasteiger partial charge on any atom is -0.382 e. The fourth-order valence-electron chi connectivity index (χ4n) is 8.63. The fraction of sp³-hybridized carbons (Fsp3) is 0.550. The molecule has 0 bridgehead atoms. The first-order valence-electron chi connectivity index (χ1n) is 18.9. The molecule has 0 radical (unpaired) electrons. The first-order valence-corrected chi connectivity index (χ1v) is 18.9. The normalized spacial score (nSPS) is 24.5. The van der Waals surface area contributed by atoms with Gasteiger partial charge in [0.15, 0.2) is 5.84 Å². The number of nitrogens with two attached hydrogens (primary N) is 2. The quantitative estimate of drug-likeness (QED) is 0.0585. The Hall–Kier alpha value is -4.34. The van der Waals surface area contributed by atoms with Crippen molar-refractivity contribution in [3.05, 3.63) is 88.5 Å². The summed E-state index contributed by atoms with van der Waals surface area (Å²) in [6.07, 6.45) is 2.20. The van der Waals surface area contributed by atoms with Gasteiger partial charge in [-0.3, -0.25) is 9.48 Å². The maximum atomic E-state index is 13.6. The second kappa shape index (κ2) is 16.4. The zero-order chi connectivity index (χ0) is 39.5. The molecule has 1 aromatic heterocycles. The summed E-state index contributed by atoms with van der Waals surface area (Å²) in [4.78, 5) is 27.7. The Morgan fingerprint density at radius 2 is 1.78 bits per heavy atom. The predicted octanol–water partition coefficient (Wildman–Crippen LogP) is 5.44. The number of amidine groups is 1. The number of likely N-dealkylation sites (tertiary alicyclic amines) is 2. The van der Waals surface area contributed by atoms with Gasteiger partial charge in [-0.25, -0.2) is 15.8 Å². The number of hydrazone groups is 1. The van der Waals surface area contributed by atoms with E-state index in [0.29, 0.717) is 61.5 Å². The molecule has 2 aliphatic carbocycles. The van der Waals surface area contributed by atoms with Crippen LogP contribution in [-0.2, 0) is 22.7 Å². The molecule has 2 unspecified atom stereocenters. The van der Waals surface area contributed by atoms with E-state index in [0.717, 1.165) is 42.5 Å². The molecular weight excluding hydrogens is 716 g/mol. The number of hydrogen-bond donors (Lipinski definition) is 3. The van der Waals surface area contributed by atoms with Gasteiger partial charge in [0.2, 0.25) is 0 Å². The van der Waals surface area contributed by atoms with Crippen LogP contribution < -0.4 is 17.1 Å². The van der Waals surface area contributed by atoms with Crippen molar-refractivity contribution in [1.29, 1.82) is 0 Å². The maximum Gasteiger partial charge on any atom is 0.391 e. The number of ether oxygens (including phenoxy) is 1. The SMILES string of the molecule is CC1(C)CC1C=O.CN1CC2(C1)CN(C(=O)c1cnn(Cc3ccc(F)cc3)c1)CC2COCc1cccc(C2CCC(C(F)(F)F)CC2)c1/C(N)=N/NN. The Kier molecular flexibility index (Phi) is 12.0. The number of halogens is 4. The number of carbonyl (C=O) groups is 2. The molecule has 3 heterocycles. The van der Waals surface area contributed by atoms with Crippen molar-refractivity contribution in [2.45, 2.75) is 71.2 Å². The van der Waals surface area contributed by atoms with Crippen molar-refractivity contribution in [2.75, 3.05) is 39.8 Å². The van der Waals surface area contributed by atoms with Crippen LogP contribution in [-0.4, -0.2) is 83.6 Å². The molecule has 2 saturated carbocycles. The molecule has 55 heavy (non-hydrogen) atoms. The molecule has 4 fully saturated rings. The smallest absolute Gasteiger partial charge is 0.382 e. The van der Waals surface area contributed by atoms with E-state index in [2.05, 4.69) is 41.5 Å². The molecule has 2 aromatic carbocycles. The Morgan fingerprint density at radius 3 is 2.36 bits per heavy atom. The predicted molar refractivity (Wildman–Crippen MR) is 200 cm³/mol. The molecule has 15 heteroatoms. The van der Waals surface area contributed by atoms with Gasteiger partial charge in [0.25, 0.3) is 5.91 Å². The van der Waals surface area contributed by atoms with Gasteiger partial charge in [-0.15, -0.1) is 5.10 Å². The number of carbonyl (C=O) groups excluding carboxylic acids is 2. The summed E-state index contributed by atoms with van der Waals surface area (Å²) in [6, 6.07) is 11.9. The number of nitrogens with one attached hydrogen (secondary N) is 1. The van der Waals surface area contributed by atoms with Crippen LogP contribution in [0.5, 0.6) is 0 Å². The number of rotatable bonds is 11. The second-order valence-corrected chi connectivity index (χ2v) is 16.5. The average molecular weight is 769 g/mol. The number of alkyl halides is 3. The van der Waals surface area contributed by atoms with Crippen molar-refractivity contribution in [3.63, 3.8) is 0 Å². The van der Waals surface area contributed by atoms with Gasteiger partial charge >= 0.3 is 6.18 Å². The number of benzene rings is 2. The number of nitrogens with zero attached hydrogens (tertiary/aromatic N) is 5. The van der Waals surface area contributed by atoms with E-state index in [1.807, 2.05) is 23.1 Å². The highest BCUT2D eigenvalue weighted by Gasteiger charge is 2.54. The van der Waals surface area contributed by atoms with E-state index in [9.17, 15) is 27.2 Å². The molecule has 1 amide bonds. The van der Waals surface area contributed by atoms with Crippen LogP contribution in [0, 0.1) is 34.4 Å². The molecule has 11 nitrogen and oxygen atoms in total. The summed E-state index contributed by atoms with van der Waals surface area (Å²) < 4.78 is 61.3. The molecule has 5 N–H and O–H groups in total. The van der Waals surface area contributed by atoms with Gasteiger partial charge in [0.05, 0.1) is 37.4 Å². The van der Waals surface area contributed by atoms with Crippen molar-refractivity contribution < 1.29 is 31.9 Å². The van der Waals surface area contributed by atoms with Crippen molar-refractivity contribution in [1.82, 2.24) is 25.1 Å². The van der Waals surface area contributed by atoms with E-state index in [-0.39, 0.29) is 54.3 Å². The number of hydrogen-bond acceptors (Lipinski definition) is 8. The van der Waals surface area contributed by atoms with E-state index >= 15 is 0 Å². The van der Waals surface area contributed by atoms with Crippen molar-refractivity contribution >= 4 is 18.0 Å². The summed E-state index contributed by atoms with van der Waals surface area (Å²) in [5.74, 6) is 4.29. The Morgan fingerprint density at radius 1 is 1.09 bits per heavy atom. The highest BCUT2D eigenvalue weighted by molar-refractivity contribution is 6.00. The number of aromatic nitrogens is 2. The van der Waals surface area contributed by atoms with Crippen LogP contribution in [0.3, 0.4) is 0 Å². The Balaban J connectivity index is 0.000000661. The minimum atomic E-state index is -4.19. The van der Waals surface area contributed by atoms with Crippen LogP contribution in [0.15, 0.2) is 60.0 Å². The molecule has 3 aromatic rings. The molecule has 4 aliphatic rings. The van der Waals surface area contributed by atoms with Crippen LogP contribution in [0.25, 0.3) is 0 Å². The molecule has 298 valence electrons. The van der Waals surface area contributed by atoms with Crippen LogP contribution in [0.4, 0.5) is 17.6 Å². The zero-order valence-corrected chi connectivity index (χ0v) is 31.7. The lowest BCUT2D eigenvalue weighted by molar-refractivity contribution is -0.182. The van der Waals surface area contributed by atoms with Gasteiger partial charge < -0.3 is 25.1 Å². The first-order chi connectivity index (χ1) is 26.1. The van der Waals surface area contributed by atoms with Gasteiger partial charge in [-0.05, 0) is 79.3 Å². The molecule has 2 atom stereocenters. The first kappa shape index (κ1) is 40.3. The summed E-state index contributed by atoms with van der Waals surface area (Å²) in [5.41, 5.74) is 12.5. The van der Waals surface area contributed by atoms with E-state index in [1.165, 1.54) is 12.1 Å². The van der Waals surface area contributed by atoms with Gasteiger partial charge in [-0.2, -0.15) is 18.3 Å². The number of aldehydes is 1. The van der Waals surface area contributed by atoms with Crippen molar-refractivity contribution in [3.8, 4) is 0 Å². The third-order valence-electron chi connectivity index (χ3n) is 12.0. The zero-order valence-electron chi connectivity index (χ0n) is 31.7. The lowest BCUT2D eigenvalue weighted by Crippen LogP contribution is -2.59. The highest BCUT2D eigenvalue weighted by atomic mass is 19.4. The third kappa shape index (κ3) is 9.38. The van der Waals surface area contributed by atoms with Crippen LogP contribution in [0.2, 0.25) is 0 Å². The molecule has 1 spiro atoms. The lowest BCUT2D eigenvalue weighted by atomic mass is 9.72. The van der Waals surface area contributed by atoms with Gasteiger partial charge in [0, 0.05) is 55.2 Å². The average Bonchev–Trinajstić information content (AvgIpc) is 3.41. The van der Waals surface area contributed by atoms with Gasteiger partial charge in [-0.1, -0.05) is 44.2 Å². The monoisotopic (exact) mass is 768 g/mol. The number of hydrazine groups is 1. The summed E-state index contributed by atoms with van der Waals surface area (Å²) in [5, 5.41) is 8.37. The van der Waals surface area contributed by atoms with E-state index in [1.54, 1.807) is 29.2 Å². The van der Waals surface area contributed by atoms with Crippen molar-refractivity contribution in [2.24, 2.45) is 45.3 Å². The summed E-state index contributed by atoms with van der Waals surface area (Å²) >= 11 is 0. The second-order valence-electron chi connectivity index (χ2n) is 16.5. The molecule has 7 rings (SSSR count). The van der Waals surface area contributed by atoms with Gasteiger partial charge in [0.1, 0.15) is 12.1 Å². The Bertz CT molecular complexity index is 1830. The molecular formula is C40H52F4N8O3. The summed E-state index contributed by atoms with van der Waals surface area (Å²) in [7, 11) is 2.06. The third-order valence-corrected chi connectivity index (χ3v) is 12.0. The van der Waals surface area contributed by atoms with E-state index < -0.39 is 12.1 Å². The Labute approximate surface area is 319 Å². The molecule has 2 saturated heterocycles. The fourth-order valence-corrected chi connectivity index (χ4v) is 8.63. The lowest BCUT2D eigenvalue weighted by Gasteiger charge is -2.49. The number of amides is 1. The maximum absolute atomic E-state index is 13.6. The largest absolute Gasteiger partial charge is 0.391 e. The van der Waals surface area contributed by atoms with Crippen LogP contribution in [0.1, 0.15) is 84.5 Å². The molecule has 2 aliphatic heterocycles. The van der Waals surface area contributed by atoms with E-state index in [4.69, 9.17) is 16.3 Å². The standard InChI is InChI=1S/C34H42F4N8O2.C6H10O/c1-44-19-33(20-44)21-45(32(47)25-13-41-46(15-25)14-22-5-11-28(35)12-6-22)16-27(33)18-48-17-24-3-2-4-29(30(24)31(39)42-43-40)23-7-9-26(10-8-23)34(36,37)38;1-6(2)3-5(6)4-7/h2-6,11-13,15,23,26-27,43H,7-10,14,16-21,40H2,1H3,(H2,39,42);4-5H,3H2,1-2H3. The highest BCUT2D eigenvalue weighted by Crippen LogP contribution is 2.50.